The van der Waals surface area contributed by atoms with Crippen LogP contribution in [0.25, 0.3) is 0 Å². The Balaban J connectivity index is 1.33. The summed E-state index contributed by atoms with van der Waals surface area (Å²) in [4.78, 5) is 27.0. The monoisotopic (exact) mass is 418 g/mol. The highest BCUT2D eigenvalue weighted by atomic mass is 16.1. The van der Waals surface area contributed by atoms with Crippen LogP contribution in [-0.4, -0.2) is 33.9 Å². The van der Waals surface area contributed by atoms with Crippen molar-refractivity contribution in [3.05, 3.63) is 66.0 Å². The van der Waals surface area contributed by atoms with Crippen molar-refractivity contribution in [1.29, 1.82) is 0 Å². The number of anilines is 4. The van der Waals surface area contributed by atoms with E-state index >= 15 is 0 Å². The zero-order valence-corrected chi connectivity index (χ0v) is 17.6. The van der Waals surface area contributed by atoms with Crippen molar-refractivity contribution in [1.82, 2.24) is 15.0 Å². The molecule has 1 amide bonds. The molecule has 2 heterocycles. The number of hydrogen-bond acceptors (Lipinski definition) is 6. The third kappa shape index (κ3) is 5.55. The number of para-hydroxylation sites is 2. The first-order valence-corrected chi connectivity index (χ1v) is 10.6. The van der Waals surface area contributed by atoms with Crippen LogP contribution >= 0.6 is 0 Å². The molecule has 0 bridgehead atoms. The molecular weight excluding hydrogens is 390 g/mol. The van der Waals surface area contributed by atoms with Gasteiger partial charge >= 0.3 is 0 Å². The van der Waals surface area contributed by atoms with Gasteiger partial charge in [-0.15, -0.1) is 0 Å². The molecule has 2 aromatic carbocycles. The van der Waals surface area contributed by atoms with E-state index < -0.39 is 0 Å². The Labute approximate surface area is 181 Å². The largest absolute Gasteiger partial charge is 0.368 e. The van der Waals surface area contributed by atoms with Crippen molar-refractivity contribution >= 4 is 29.2 Å². The first-order chi connectivity index (χ1) is 15.1. The Bertz CT molecular complexity index is 1030. The number of piperidine rings is 1. The van der Waals surface area contributed by atoms with Gasteiger partial charge in [0.05, 0.1) is 13.1 Å². The zero-order valence-electron chi connectivity index (χ0n) is 17.6. The summed E-state index contributed by atoms with van der Waals surface area (Å²) >= 11 is 0. The van der Waals surface area contributed by atoms with Crippen molar-refractivity contribution in [3.8, 4) is 0 Å². The molecule has 1 saturated heterocycles. The predicted octanol–water partition coefficient (Wildman–Crippen LogP) is 1.94. The lowest BCUT2D eigenvalue weighted by atomic mass is 9.96. The van der Waals surface area contributed by atoms with Crippen LogP contribution in [0.1, 0.15) is 24.2 Å². The van der Waals surface area contributed by atoms with E-state index in [4.69, 9.17) is 5.73 Å². The van der Waals surface area contributed by atoms with Crippen LogP contribution < -0.4 is 21.3 Å². The van der Waals surface area contributed by atoms with Gasteiger partial charge in [-0.2, -0.15) is 15.0 Å². The van der Waals surface area contributed by atoms with Crippen LogP contribution in [0.3, 0.4) is 0 Å². The summed E-state index contributed by atoms with van der Waals surface area (Å²) in [5, 5.41) is 6.24. The van der Waals surface area contributed by atoms with Gasteiger partial charge in [0.1, 0.15) is 6.54 Å². The molecule has 3 aromatic rings. The Morgan fingerprint density at radius 1 is 1.03 bits per heavy atom. The highest BCUT2D eigenvalue weighted by molar-refractivity contribution is 5.92. The van der Waals surface area contributed by atoms with Crippen molar-refractivity contribution < 1.29 is 9.69 Å². The molecular formula is C23H28N7O+. The fourth-order valence-electron chi connectivity index (χ4n) is 3.86. The number of aromatic nitrogens is 3. The number of quaternary nitrogens is 1. The Kier molecular flexibility index (Phi) is 6.37. The number of benzene rings is 2. The fourth-order valence-corrected chi connectivity index (χ4v) is 3.86. The van der Waals surface area contributed by atoms with E-state index in [0.717, 1.165) is 42.9 Å². The van der Waals surface area contributed by atoms with Gasteiger partial charge in [0.15, 0.2) is 5.82 Å². The number of carbonyl (C=O) groups is 1. The van der Waals surface area contributed by atoms with Crippen molar-refractivity contribution in [2.24, 2.45) is 5.92 Å². The molecule has 160 valence electrons. The second kappa shape index (κ2) is 9.53. The average molecular weight is 419 g/mol. The van der Waals surface area contributed by atoms with Gasteiger partial charge in [0, 0.05) is 30.1 Å². The molecule has 0 aliphatic carbocycles. The van der Waals surface area contributed by atoms with E-state index in [1.165, 1.54) is 4.90 Å². The maximum Gasteiger partial charge on any atom is 0.232 e. The number of nitrogens with two attached hydrogens (primary N) is 1. The quantitative estimate of drug-likeness (QED) is 0.487. The molecule has 31 heavy (non-hydrogen) atoms. The number of amides is 1. The number of hydrogen-bond donors (Lipinski definition) is 4. The molecule has 5 N–H and O–H groups in total. The molecule has 0 unspecified atom stereocenters. The van der Waals surface area contributed by atoms with Gasteiger partial charge < -0.3 is 21.3 Å². The second-order valence-corrected chi connectivity index (χ2v) is 7.93. The van der Waals surface area contributed by atoms with Gasteiger partial charge in [-0.3, -0.25) is 4.79 Å². The molecule has 0 saturated carbocycles. The molecule has 0 spiro atoms. The average Bonchev–Trinajstić information content (AvgIpc) is 2.76. The number of carbonyl (C=O) groups excluding carboxylic acids is 1. The minimum atomic E-state index is 0.0330. The number of nitrogens with one attached hydrogen (secondary N) is 3. The third-order valence-corrected chi connectivity index (χ3v) is 5.60. The zero-order chi connectivity index (χ0) is 21.6. The van der Waals surface area contributed by atoms with E-state index in [2.05, 4.69) is 25.6 Å². The second-order valence-electron chi connectivity index (χ2n) is 7.93. The Morgan fingerprint density at radius 3 is 2.48 bits per heavy atom. The first-order valence-electron chi connectivity index (χ1n) is 10.6. The maximum absolute atomic E-state index is 12.5. The summed E-state index contributed by atoms with van der Waals surface area (Å²) in [6.07, 6.45) is 1.67. The van der Waals surface area contributed by atoms with Crippen LogP contribution in [0.5, 0.6) is 0 Å². The SMILES string of the molecule is Cc1ccccc1Nc1nc(N)nc(C[NH+]2CCC(C(=O)Nc3ccccc3)CC2)n1. The van der Waals surface area contributed by atoms with Crippen molar-refractivity contribution in [2.45, 2.75) is 26.3 Å². The summed E-state index contributed by atoms with van der Waals surface area (Å²) in [7, 11) is 0. The number of nitrogens with zero attached hydrogens (tertiary/aromatic N) is 3. The molecule has 8 heteroatoms. The van der Waals surface area contributed by atoms with Crippen LogP contribution in [0, 0.1) is 12.8 Å². The number of rotatable bonds is 6. The smallest absolute Gasteiger partial charge is 0.232 e. The van der Waals surface area contributed by atoms with E-state index in [1.54, 1.807) is 0 Å². The summed E-state index contributed by atoms with van der Waals surface area (Å²) < 4.78 is 0. The van der Waals surface area contributed by atoms with Crippen molar-refractivity contribution in [2.75, 3.05) is 29.5 Å². The first kappa shape index (κ1) is 20.7. The van der Waals surface area contributed by atoms with Crippen LogP contribution in [-0.2, 0) is 11.3 Å². The van der Waals surface area contributed by atoms with Gasteiger partial charge in [0.25, 0.3) is 0 Å². The molecule has 0 atom stereocenters. The molecule has 8 nitrogen and oxygen atoms in total. The van der Waals surface area contributed by atoms with Gasteiger partial charge in [-0.05, 0) is 30.7 Å². The minimum Gasteiger partial charge on any atom is -0.368 e. The number of likely N-dealkylation sites (tertiary alicyclic amines) is 1. The standard InChI is InChI=1S/C23H27N7O/c1-16-7-5-6-10-19(16)26-23-28-20(27-22(24)29-23)15-30-13-11-17(12-14-30)21(31)25-18-8-3-2-4-9-18/h2-10,17H,11-15H2,1H3,(H,25,31)(H3,24,26,27,28,29)/p+1. The summed E-state index contributed by atoms with van der Waals surface area (Å²) in [5.41, 5.74) is 8.81. The normalized spacial score (nSPS) is 18.4. The molecule has 1 aliphatic heterocycles. The van der Waals surface area contributed by atoms with E-state index in [0.29, 0.717) is 18.3 Å². The van der Waals surface area contributed by atoms with E-state index in [-0.39, 0.29) is 17.8 Å². The van der Waals surface area contributed by atoms with E-state index in [9.17, 15) is 4.79 Å². The molecule has 1 aromatic heterocycles. The Hall–Kier alpha value is -3.52. The predicted molar refractivity (Wildman–Crippen MR) is 121 cm³/mol. The van der Waals surface area contributed by atoms with Gasteiger partial charge in [-0.1, -0.05) is 36.4 Å². The lowest BCUT2D eigenvalue weighted by Gasteiger charge is -2.28. The lowest BCUT2D eigenvalue weighted by molar-refractivity contribution is -0.920. The van der Waals surface area contributed by atoms with Gasteiger partial charge in [-0.25, -0.2) is 0 Å². The van der Waals surface area contributed by atoms with Crippen molar-refractivity contribution in [3.63, 3.8) is 0 Å². The topological polar surface area (TPSA) is 110 Å². The molecule has 0 radical (unpaired) electrons. The maximum atomic E-state index is 12.5. The highest BCUT2D eigenvalue weighted by Gasteiger charge is 2.28. The fraction of sp³-hybridized carbons (Fsp3) is 0.304. The molecule has 1 aliphatic rings. The van der Waals surface area contributed by atoms with Gasteiger partial charge in [0.2, 0.25) is 17.8 Å². The number of nitrogen functional groups attached to an aromatic ring is 1. The summed E-state index contributed by atoms with van der Waals surface area (Å²) in [6, 6.07) is 17.5. The van der Waals surface area contributed by atoms with Crippen LogP contribution in [0.4, 0.5) is 23.3 Å². The Morgan fingerprint density at radius 2 is 1.74 bits per heavy atom. The summed E-state index contributed by atoms with van der Waals surface area (Å²) in [5.74, 6) is 1.45. The van der Waals surface area contributed by atoms with Crippen LogP contribution in [0.2, 0.25) is 0 Å². The minimum absolute atomic E-state index is 0.0330. The molecule has 4 rings (SSSR count). The molecule has 1 fully saturated rings. The number of aryl methyl sites for hydroxylation is 1. The highest BCUT2D eigenvalue weighted by Crippen LogP contribution is 2.18. The van der Waals surface area contributed by atoms with E-state index in [1.807, 2.05) is 61.5 Å². The lowest BCUT2D eigenvalue weighted by Crippen LogP contribution is -3.12. The summed E-state index contributed by atoms with van der Waals surface area (Å²) in [6.45, 7) is 4.45. The third-order valence-electron chi connectivity index (χ3n) is 5.60. The van der Waals surface area contributed by atoms with Crippen LogP contribution in [0.15, 0.2) is 54.6 Å².